The van der Waals surface area contributed by atoms with E-state index in [-0.39, 0.29) is 17.5 Å². The topological polar surface area (TPSA) is 147 Å². The minimum Gasteiger partial charge on any atom is -0.463 e. The molecule has 4 unspecified atom stereocenters. The van der Waals surface area contributed by atoms with Gasteiger partial charge in [0.25, 0.3) is 5.91 Å². The molecule has 0 spiro atoms. The summed E-state index contributed by atoms with van der Waals surface area (Å²) in [4.78, 5) is 67.7. The molecule has 5 atom stereocenters. The van der Waals surface area contributed by atoms with Crippen LogP contribution in [0.3, 0.4) is 0 Å². The van der Waals surface area contributed by atoms with Gasteiger partial charge in [0.05, 0.1) is 5.69 Å². The van der Waals surface area contributed by atoms with Crippen LogP contribution in [-0.2, 0) is 47.7 Å². The van der Waals surface area contributed by atoms with E-state index in [1.54, 1.807) is 36.4 Å². The van der Waals surface area contributed by atoms with Gasteiger partial charge in [-0.2, -0.15) is 0 Å². The summed E-state index contributed by atoms with van der Waals surface area (Å²) >= 11 is 0.932. The second-order valence-corrected chi connectivity index (χ2v) is 10.6. The molecule has 13 heteroatoms. The highest BCUT2D eigenvalue weighted by Gasteiger charge is 2.53. The molecular formula is C30H30N2O10S. The van der Waals surface area contributed by atoms with Crippen LogP contribution in [0.5, 0.6) is 0 Å². The fraction of sp³-hybridized carbons (Fsp3) is 0.333. The number of benzene rings is 2. The molecule has 12 nitrogen and oxygen atoms in total. The Hall–Kier alpha value is -4.49. The molecule has 43 heavy (non-hydrogen) atoms. The van der Waals surface area contributed by atoms with E-state index in [0.717, 1.165) is 38.1 Å². The van der Waals surface area contributed by atoms with Gasteiger partial charge < -0.3 is 23.7 Å². The van der Waals surface area contributed by atoms with Gasteiger partial charge in [0.1, 0.15) is 18.4 Å². The standard InChI is InChI=1S/C30H30N2O10S/c1-17(33)38-16-24-25(39-18(2)34)26(40-19(3)35)27(41-20(4)36)29(42-24)43-30-31-23(15-21-11-7-5-8-12-21)28(37)32(30)22-13-9-6-10-14-22/h5-15,24-27,29H,16H2,1-4H3/b23-15-/t24?,25?,26?,27?,29-/m0/s1. The highest BCUT2D eigenvalue weighted by atomic mass is 32.2. The van der Waals surface area contributed by atoms with Gasteiger partial charge in [-0.25, -0.2) is 4.99 Å². The predicted octanol–water partition coefficient (Wildman–Crippen LogP) is 3.25. The molecule has 1 fully saturated rings. The minimum atomic E-state index is -1.35. The quantitative estimate of drug-likeness (QED) is 0.246. The lowest BCUT2D eigenvalue weighted by atomic mass is 9.99. The number of hydrogen-bond donors (Lipinski definition) is 0. The number of amidine groups is 1. The molecule has 0 N–H and O–H groups in total. The van der Waals surface area contributed by atoms with E-state index < -0.39 is 59.6 Å². The van der Waals surface area contributed by atoms with E-state index in [4.69, 9.17) is 23.7 Å². The smallest absolute Gasteiger partial charge is 0.303 e. The SMILES string of the molecule is CC(=O)OCC1O[C@@H](SC2=N/C(=C\c3ccccc3)C(=O)N2c2ccccc2)C(OC(C)=O)C(OC(C)=O)C1OC(C)=O. The Morgan fingerprint density at radius 3 is 1.95 bits per heavy atom. The molecule has 0 bridgehead atoms. The van der Waals surface area contributed by atoms with Crippen LogP contribution in [0.4, 0.5) is 5.69 Å². The summed E-state index contributed by atoms with van der Waals surface area (Å²) < 4.78 is 27.9. The monoisotopic (exact) mass is 610 g/mol. The first-order valence-corrected chi connectivity index (χ1v) is 14.1. The van der Waals surface area contributed by atoms with Crippen molar-refractivity contribution in [2.75, 3.05) is 11.5 Å². The number of carbonyl (C=O) groups excluding carboxylic acids is 5. The largest absolute Gasteiger partial charge is 0.463 e. The van der Waals surface area contributed by atoms with Gasteiger partial charge in [-0.15, -0.1) is 0 Å². The molecule has 0 aromatic heterocycles. The number of rotatable bonds is 8. The van der Waals surface area contributed by atoms with Gasteiger partial charge in [-0.05, 0) is 23.8 Å². The van der Waals surface area contributed by atoms with Crippen molar-refractivity contribution < 1.29 is 47.7 Å². The average molecular weight is 611 g/mol. The van der Waals surface area contributed by atoms with E-state index in [1.165, 1.54) is 11.8 Å². The first kappa shape index (κ1) is 31.4. The maximum absolute atomic E-state index is 13.7. The van der Waals surface area contributed by atoms with Crippen LogP contribution in [0, 0.1) is 0 Å². The summed E-state index contributed by atoms with van der Waals surface area (Å²) in [6.07, 6.45) is -3.46. The zero-order chi connectivity index (χ0) is 31.1. The fourth-order valence-corrected chi connectivity index (χ4v) is 5.67. The number of aliphatic imine (C=N–C) groups is 1. The van der Waals surface area contributed by atoms with Gasteiger partial charge in [-0.1, -0.05) is 60.3 Å². The second kappa shape index (κ2) is 14.1. The van der Waals surface area contributed by atoms with Crippen molar-refractivity contribution in [3.63, 3.8) is 0 Å². The van der Waals surface area contributed by atoms with Gasteiger partial charge in [0.15, 0.2) is 28.9 Å². The van der Waals surface area contributed by atoms with Gasteiger partial charge >= 0.3 is 23.9 Å². The molecule has 2 aromatic rings. The Balaban J connectivity index is 1.78. The highest BCUT2D eigenvalue weighted by Crippen LogP contribution is 2.38. The van der Waals surface area contributed by atoms with E-state index >= 15 is 0 Å². The zero-order valence-corrected chi connectivity index (χ0v) is 24.6. The Bertz CT molecular complexity index is 1430. The molecule has 0 saturated carbocycles. The number of amides is 1. The third-order valence-electron chi connectivity index (χ3n) is 6.12. The summed E-state index contributed by atoms with van der Waals surface area (Å²) in [5.74, 6) is -3.25. The zero-order valence-electron chi connectivity index (χ0n) is 23.8. The van der Waals surface area contributed by atoms with Gasteiger partial charge in [0.2, 0.25) is 0 Å². The van der Waals surface area contributed by atoms with Crippen LogP contribution in [0.1, 0.15) is 33.3 Å². The van der Waals surface area contributed by atoms with E-state index in [2.05, 4.69) is 4.99 Å². The second-order valence-electron chi connectivity index (χ2n) is 9.50. The molecule has 0 radical (unpaired) electrons. The molecule has 1 amide bonds. The molecule has 2 aromatic carbocycles. The third-order valence-corrected chi connectivity index (χ3v) is 7.21. The Kier molecular flexibility index (Phi) is 10.3. The summed E-state index contributed by atoms with van der Waals surface area (Å²) in [5, 5.41) is 0.180. The van der Waals surface area contributed by atoms with E-state index in [9.17, 15) is 24.0 Å². The van der Waals surface area contributed by atoms with Gasteiger partial charge in [-0.3, -0.25) is 28.9 Å². The van der Waals surface area contributed by atoms with Crippen molar-refractivity contribution in [3.8, 4) is 0 Å². The van der Waals surface area contributed by atoms with Crippen molar-refractivity contribution in [1.29, 1.82) is 0 Å². The molecule has 226 valence electrons. The van der Waals surface area contributed by atoms with Crippen LogP contribution >= 0.6 is 11.8 Å². The fourth-order valence-electron chi connectivity index (χ4n) is 4.47. The highest BCUT2D eigenvalue weighted by molar-refractivity contribution is 8.14. The van der Waals surface area contributed by atoms with Crippen LogP contribution in [0.25, 0.3) is 6.08 Å². The molecule has 2 aliphatic rings. The normalized spacial score (nSPS) is 24.2. The molecule has 4 rings (SSSR count). The summed E-state index contributed by atoms with van der Waals surface area (Å²) in [7, 11) is 0. The first-order valence-electron chi connectivity index (χ1n) is 13.3. The molecule has 0 aliphatic carbocycles. The van der Waals surface area contributed by atoms with Crippen molar-refractivity contribution in [2.45, 2.75) is 57.5 Å². The summed E-state index contributed by atoms with van der Waals surface area (Å²) in [6.45, 7) is 4.27. The number of esters is 4. The number of anilines is 1. The average Bonchev–Trinajstić information content (AvgIpc) is 3.25. The maximum Gasteiger partial charge on any atom is 0.303 e. The Morgan fingerprint density at radius 2 is 1.37 bits per heavy atom. The lowest BCUT2D eigenvalue weighted by Crippen LogP contribution is -2.61. The Morgan fingerprint density at radius 1 is 0.814 bits per heavy atom. The van der Waals surface area contributed by atoms with Gasteiger partial charge in [0, 0.05) is 27.7 Å². The number of nitrogens with zero attached hydrogens (tertiary/aromatic N) is 2. The lowest BCUT2D eigenvalue weighted by molar-refractivity contribution is -0.237. The first-order chi connectivity index (χ1) is 20.5. The van der Waals surface area contributed by atoms with Crippen LogP contribution < -0.4 is 4.90 Å². The predicted molar refractivity (Wildman–Crippen MR) is 155 cm³/mol. The Labute approximate surface area is 252 Å². The minimum absolute atomic E-state index is 0.142. The number of thioether (sulfide) groups is 1. The lowest BCUT2D eigenvalue weighted by Gasteiger charge is -2.44. The third kappa shape index (κ3) is 8.08. The van der Waals surface area contributed by atoms with Crippen molar-refractivity contribution in [1.82, 2.24) is 0 Å². The number of hydrogen-bond acceptors (Lipinski definition) is 12. The molecule has 2 aliphatic heterocycles. The van der Waals surface area contributed by atoms with Crippen molar-refractivity contribution in [3.05, 3.63) is 71.9 Å². The molecule has 1 saturated heterocycles. The van der Waals surface area contributed by atoms with Crippen LogP contribution in [0.2, 0.25) is 0 Å². The molecule has 2 heterocycles. The summed E-state index contributed by atoms with van der Waals surface area (Å²) in [5.41, 5.74) is 0.250. The van der Waals surface area contributed by atoms with E-state index in [0.29, 0.717) is 5.69 Å². The van der Waals surface area contributed by atoms with E-state index in [1.807, 2.05) is 30.3 Å². The van der Waals surface area contributed by atoms with Crippen molar-refractivity contribution >= 4 is 58.5 Å². The number of para-hydroxylation sites is 1. The number of ether oxygens (including phenoxy) is 5. The van der Waals surface area contributed by atoms with Crippen LogP contribution in [-0.4, -0.2) is 71.4 Å². The van der Waals surface area contributed by atoms with Crippen molar-refractivity contribution in [2.24, 2.45) is 4.99 Å². The van der Waals surface area contributed by atoms with Crippen LogP contribution in [0.15, 0.2) is 71.4 Å². The maximum atomic E-state index is 13.7. The molecular weight excluding hydrogens is 580 g/mol. The number of carbonyl (C=O) groups is 5. The summed E-state index contributed by atoms with van der Waals surface area (Å²) in [6, 6.07) is 17.9.